The molecule has 110 valence electrons. The fraction of sp³-hybridized carbons (Fsp3) is 0.429. The maximum atomic E-state index is 6.17. The quantitative estimate of drug-likeness (QED) is 0.806. The Bertz CT molecular complexity index is 598. The van der Waals surface area contributed by atoms with E-state index >= 15 is 0 Å². The molecule has 0 bridgehead atoms. The van der Waals surface area contributed by atoms with Crippen molar-refractivity contribution >= 4 is 23.4 Å². The van der Waals surface area contributed by atoms with Crippen molar-refractivity contribution in [2.75, 3.05) is 36.0 Å². The van der Waals surface area contributed by atoms with Gasteiger partial charge in [-0.3, -0.25) is 0 Å². The second kappa shape index (κ2) is 6.22. The molecule has 7 heteroatoms. The van der Waals surface area contributed by atoms with Crippen LogP contribution in [0, 0.1) is 0 Å². The van der Waals surface area contributed by atoms with Crippen LogP contribution in [0.4, 0.5) is 11.8 Å². The largest absolute Gasteiger partial charge is 0.353 e. The number of hydrogen-bond acceptors (Lipinski definition) is 6. The number of rotatable bonds is 3. The van der Waals surface area contributed by atoms with Crippen molar-refractivity contribution in [1.29, 1.82) is 0 Å². The molecule has 3 rings (SSSR count). The summed E-state index contributed by atoms with van der Waals surface area (Å²) >= 11 is 6.17. The molecule has 6 nitrogen and oxygen atoms in total. The average Bonchev–Trinajstić information content (AvgIpc) is 2.55. The molecule has 0 unspecified atom stereocenters. The summed E-state index contributed by atoms with van der Waals surface area (Å²) in [6.07, 6.45) is 5.91. The Hall–Kier alpha value is -1.95. The zero-order chi connectivity index (χ0) is 14.7. The lowest BCUT2D eigenvalue weighted by molar-refractivity contribution is 0.631. The molecule has 1 saturated heterocycles. The van der Waals surface area contributed by atoms with Crippen LogP contribution in [0.1, 0.15) is 12.5 Å². The monoisotopic (exact) mass is 304 g/mol. The van der Waals surface area contributed by atoms with E-state index in [1.807, 2.05) is 6.07 Å². The third-order valence-electron chi connectivity index (χ3n) is 3.64. The summed E-state index contributed by atoms with van der Waals surface area (Å²) in [5.74, 6) is 1.74. The van der Waals surface area contributed by atoms with Crippen LogP contribution in [0.15, 0.2) is 24.8 Å². The normalized spacial score (nSPS) is 15.3. The highest BCUT2D eigenvalue weighted by molar-refractivity contribution is 6.30. The maximum absolute atomic E-state index is 6.17. The van der Waals surface area contributed by atoms with Crippen molar-refractivity contribution in [1.82, 2.24) is 19.9 Å². The second-order valence-corrected chi connectivity index (χ2v) is 5.20. The van der Waals surface area contributed by atoms with E-state index in [4.69, 9.17) is 11.6 Å². The summed E-state index contributed by atoms with van der Waals surface area (Å²) in [6, 6.07) is 1.83. The van der Waals surface area contributed by atoms with E-state index in [2.05, 4.69) is 36.7 Å². The molecule has 1 fully saturated rings. The predicted octanol–water partition coefficient (Wildman–Crippen LogP) is 1.81. The highest BCUT2D eigenvalue weighted by atomic mass is 35.5. The first-order valence-electron chi connectivity index (χ1n) is 7.06. The minimum atomic E-state index is 0.552. The Morgan fingerprint density at radius 1 is 1.00 bits per heavy atom. The summed E-state index contributed by atoms with van der Waals surface area (Å²) in [5.41, 5.74) is 1.02. The van der Waals surface area contributed by atoms with E-state index in [9.17, 15) is 0 Å². The van der Waals surface area contributed by atoms with Crippen molar-refractivity contribution in [2.45, 2.75) is 13.3 Å². The molecule has 0 amide bonds. The molecule has 1 aliphatic rings. The zero-order valence-electron chi connectivity index (χ0n) is 11.9. The van der Waals surface area contributed by atoms with Gasteiger partial charge in [0, 0.05) is 44.1 Å². The molecule has 0 atom stereocenters. The summed E-state index contributed by atoms with van der Waals surface area (Å²) in [6.45, 7) is 5.56. The molecule has 0 radical (unpaired) electrons. The van der Waals surface area contributed by atoms with Gasteiger partial charge in [-0.05, 0) is 12.5 Å². The zero-order valence-corrected chi connectivity index (χ0v) is 12.7. The highest BCUT2D eigenvalue weighted by Crippen LogP contribution is 2.25. The van der Waals surface area contributed by atoms with E-state index in [1.54, 1.807) is 12.4 Å². The van der Waals surface area contributed by atoms with E-state index in [-0.39, 0.29) is 0 Å². The van der Waals surface area contributed by atoms with E-state index in [0.29, 0.717) is 5.15 Å². The molecule has 0 aromatic carbocycles. The number of piperazine rings is 1. The fourth-order valence-corrected chi connectivity index (χ4v) is 2.79. The van der Waals surface area contributed by atoms with E-state index in [0.717, 1.165) is 49.9 Å². The third kappa shape index (κ3) is 2.90. The minimum absolute atomic E-state index is 0.552. The summed E-state index contributed by atoms with van der Waals surface area (Å²) in [4.78, 5) is 21.5. The number of hydrogen-bond donors (Lipinski definition) is 0. The van der Waals surface area contributed by atoms with Gasteiger partial charge in [0.15, 0.2) is 0 Å². The highest BCUT2D eigenvalue weighted by Gasteiger charge is 2.22. The lowest BCUT2D eigenvalue weighted by Gasteiger charge is -2.36. The Kier molecular flexibility index (Phi) is 4.15. The van der Waals surface area contributed by atoms with Crippen LogP contribution in [0.3, 0.4) is 0 Å². The molecule has 0 spiro atoms. The predicted molar refractivity (Wildman–Crippen MR) is 82.9 cm³/mol. The smallest absolute Gasteiger partial charge is 0.225 e. The van der Waals surface area contributed by atoms with Gasteiger partial charge in [0.05, 0.1) is 0 Å². The number of aromatic nitrogens is 4. The Morgan fingerprint density at radius 3 is 2.33 bits per heavy atom. The molecule has 1 aliphatic heterocycles. The van der Waals surface area contributed by atoms with Crippen molar-refractivity contribution in [3.8, 4) is 0 Å². The molecule has 0 saturated carbocycles. The van der Waals surface area contributed by atoms with Crippen molar-refractivity contribution in [2.24, 2.45) is 0 Å². The van der Waals surface area contributed by atoms with Crippen LogP contribution in [0.5, 0.6) is 0 Å². The average molecular weight is 305 g/mol. The van der Waals surface area contributed by atoms with Crippen molar-refractivity contribution in [3.05, 3.63) is 35.5 Å². The SMILES string of the molecule is CCc1c(Cl)ncnc1N1CCN(c2ncccn2)CC1. The first-order chi connectivity index (χ1) is 10.3. The molecule has 2 aromatic heterocycles. The van der Waals surface area contributed by atoms with Gasteiger partial charge in [-0.2, -0.15) is 0 Å². The standard InChI is InChI=1S/C14H17ClN6/c1-2-11-12(15)18-10-19-13(11)20-6-8-21(9-7-20)14-16-4-3-5-17-14/h3-5,10H,2,6-9H2,1H3. The number of nitrogens with zero attached hydrogens (tertiary/aromatic N) is 6. The van der Waals surface area contributed by atoms with Gasteiger partial charge < -0.3 is 9.80 Å². The molecular formula is C14H17ClN6. The first-order valence-corrected chi connectivity index (χ1v) is 7.43. The van der Waals surface area contributed by atoms with Gasteiger partial charge >= 0.3 is 0 Å². The topological polar surface area (TPSA) is 58.0 Å². The summed E-state index contributed by atoms with van der Waals surface area (Å²) in [5, 5.41) is 0.552. The number of anilines is 2. The van der Waals surface area contributed by atoms with Crippen LogP contribution in [0.25, 0.3) is 0 Å². The minimum Gasteiger partial charge on any atom is -0.353 e. The van der Waals surface area contributed by atoms with Gasteiger partial charge in [-0.25, -0.2) is 19.9 Å². The molecule has 3 heterocycles. The van der Waals surface area contributed by atoms with E-state index < -0.39 is 0 Å². The van der Waals surface area contributed by atoms with Gasteiger partial charge in [0.1, 0.15) is 17.3 Å². The third-order valence-corrected chi connectivity index (χ3v) is 3.96. The Balaban J connectivity index is 1.73. The molecule has 0 aliphatic carbocycles. The molecular weight excluding hydrogens is 288 g/mol. The Morgan fingerprint density at radius 2 is 1.67 bits per heavy atom. The summed E-state index contributed by atoms with van der Waals surface area (Å²) in [7, 11) is 0. The summed E-state index contributed by atoms with van der Waals surface area (Å²) < 4.78 is 0. The fourth-order valence-electron chi connectivity index (χ4n) is 2.53. The van der Waals surface area contributed by atoms with Gasteiger partial charge in [0.25, 0.3) is 0 Å². The molecule has 21 heavy (non-hydrogen) atoms. The molecule has 0 N–H and O–H groups in total. The lowest BCUT2D eigenvalue weighted by atomic mass is 10.2. The Labute approximate surface area is 128 Å². The van der Waals surface area contributed by atoms with E-state index in [1.165, 1.54) is 6.33 Å². The van der Waals surface area contributed by atoms with Crippen LogP contribution in [0.2, 0.25) is 5.15 Å². The first kappa shape index (κ1) is 14.0. The molecule has 2 aromatic rings. The van der Waals surface area contributed by atoms with Crippen LogP contribution < -0.4 is 9.80 Å². The number of halogens is 1. The van der Waals surface area contributed by atoms with Crippen molar-refractivity contribution in [3.63, 3.8) is 0 Å². The van der Waals surface area contributed by atoms with Gasteiger partial charge in [-0.1, -0.05) is 18.5 Å². The second-order valence-electron chi connectivity index (χ2n) is 4.84. The van der Waals surface area contributed by atoms with Crippen LogP contribution in [-0.2, 0) is 6.42 Å². The van der Waals surface area contributed by atoms with Crippen LogP contribution >= 0.6 is 11.6 Å². The van der Waals surface area contributed by atoms with Crippen molar-refractivity contribution < 1.29 is 0 Å². The van der Waals surface area contributed by atoms with Crippen LogP contribution in [-0.4, -0.2) is 46.1 Å². The maximum Gasteiger partial charge on any atom is 0.225 e. The van der Waals surface area contributed by atoms with Gasteiger partial charge in [-0.15, -0.1) is 0 Å². The van der Waals surface area contributed by atoms with Gasteiger partial charge in [0.2, 0.25) is 5.95 Å². The lowest BCUT2D eigenvalue weighted by Crippen LogP contribution is -2.47.